The minimum absolute atomic E-state index is 0.123. The fraction of sp³-hybridized carbons (Fsp3) is 0.562. The molecule has 23 heavy (non-hydrogen) atoms. The highest BCUT2D eigenvalue weighted by Gasteiger charge is 2.33. The number of hydrogen-bond acceptors (Lipinski definition) is 3. The molecule has 1 aliphatic rings. The van der Waals surface area contributed by atoms with Crippen LogP contribution in [0.1, 0.15) is 28.8 Å². The quantitative estimate of drug-likeness (QED) is 0.872. The summed E-state index contributed by atoms with van der Waals surface area (Å²) in [5, 5.41) is 6.09. The molecule has 0 spiro atoms. The molecule has 0 aromatic heterocycles. The molecule has 1 saturated heterocycles. The lowest BCUT2D eigenvalue weighted by molar-refractivity contribution is -0.137. The van der Waals surface area contributed by atoms with E-state index in [-0.39, 0.29) is 16.9 Å². The summed E-state index contributed by atoms with van der Waals surface area (Å²) in [6.07, 6.45) is -2.63. The first-order valence-corrected chi connectivity index (χ1v) is 7.51. The molecule has 0 aliphatic carbocycles. The molecule has 1 fully saturated rings. The molecule has 0 saturated carbocycles. The topological polar surface area (TPSA) is 50.4 Å². The third-order valence-electron chi connectivity index (χ3n) is 4.21. The second kappa shape index (κ2) is 7.31. The molecule has 0 radical (unpaired) electrons. The van der Waals surface area contributed by atoms with Crippen LogP contribution in [-0.2, 0) is 10.9 Å². The van der Waals surface area contributed by atoms with Gasteiger partial charge < -0.3 is 15.4 Å². The minimum atomic E-state index is -4.40. The Morgan fingerprint density at radius 3 is 2.39 bits per heavy atom. The SMILES string of the molecule is COCC1(CNC(=O)c2ccc(C(F)(F)F)cc2)CCNCC1. The van der Waals surface area contributed by atoms with Gasteiger partial charge in [-0.25, -0.2) is 0 Å². The molecule has 1 heterocycles. The molecule has 0 atom stereocenters. The van der Waals surface area contributed by atoms with Crippen molar-refractivity contribution in [1.29, 1.82) is 0 Å². The number of piperidine rings is 1. The maximum absolute atomic E-state index is 12.5. The lowest BCUT2D eigenvalue weighted by Gasteiger charge is -2.37. The number of halogens is 3. The van der Waals surface area contributed by atoms with Gasteiger partial charge in [0.15, 0.2) is 0 Å². The smallest absolute Gasteiger partial charge is 0.384 e. The molecule has 0 unspecified atom stereocenters. The predicted molar refractivity (Wildman–Crippen MR) is 80.2 cm³/mol. The van der Waals surface area contributed by atoms with E-state index in [0.29, 0.717) is 13.2 Å². The summed E-state index contributed by atoms with van der Waals surface area (Å²) in [5.74, 6) is -0.368. The summed E-state index contributed by atoms with van der Waals surface area (Å²) in [4.78, 5) is 12.1. The summed E-state index contributed by atoms with van der Waals surface area (Å²) < 4.78 is 42.9. The van der Waals surface area contributed by atoms with Gasteiger partial charge in [0.05, 0.1) is 12.2 Å². The van der Waals surface area contributed by atoms with Gasteiger partial charge in [0.2, 0.25) is 0 Å². The normalized spacial score (nSPS) is 17.7. The summed E-state index contributed by atoms with van der Waals surface area (Å²) in [7, 11) is 1.63. The number of rotatable bonds is 5. The van der Waals surface area contributed by atoms with Crippen molar-refractivity contribution in [2.24, 2.45) is 5.41 Å². The Hall–Kier alpha value is -1.60. The maximum Gasteiger partial charge on any atom is 0.416 e. The average molecular weight is 330 g/mol. The second-order valence-electron chi connectivity index (χ2n) is 5.94. The highest BCUT2D eigenvalue weighted by Crippen LogP contribution is 2.30. The van der Waals surface area contributed by atoms with E-state index in [9.17, 15) is 18.0 Å². The summed E-state index contributed by atoms with van der Waals surface area (Å²) in [6.45, 7) is 2.71. The van der Waals surface area contributed by atoms with Crippen LogP contribution in [0.5, 0.6) is 0 Å². The zero-order valence-corrected chi connectivity index (χ0v) is 13.0. The average Bonchev–Trinajstić information content (AvgIpc) is 2.53. The fourth-order valence-corrected chi connectivity index (χ4v) is 2.82. The van der Waals surface area contributed by atoms with Crippen molar-refractivity contribution in [2.75, 3.05) is 33.4 Å². The van der Waals surface area contributed by atoms with Crippen molar-refractivity contribution in [3.63, 3.8) is 0 Å². The lowest BCUT2D eigenvalue weighted by Crippen LogP contribution is -2.47. The second-order valence-corrected chi connectivity index (χ2v) is 5.94. The van der Waals surface area contributed by atoms with Gasteiger partial charge >= 0.3 is 6.18 Å². The molecule has 1 aromatic rings. The minimum Gasteiger partial charge on any atom is -0.384 e. The molecule has 4 nitrogen and oxygen atoms in total. The number of nitrogens with one attached hydrogen (secondary N) is 2. The zero-order valence-electron chi connectivity index (χ0n) is 13.0. The van der Waals surface area contributed by atoms with Crippen molar-refractivity contribution >= 4 is 5.91 Å². The van der Waals surface area contributed by atoms with Crippen LogP contribution >= 0.6 is 0 Å². The van der Waals surface area contributed by atoms with Crippen LogP contribution < -0.4 is 10.6 Å². The number of amides is 1. The largest absolute Gasteiger partial charge is 0.416 e. The monoisotopic (exact) mass is 330 g/mol. The number of carbonyl (C=O) groups is 1. The standard InChI is InChI=1S/C16H21F3N2O2/c1-23-11-15(6-8-20-9-7-15)10-21-14(22)12-2-4-13(5-3-12)16(17,18)19/h2-5,20H,6-11H2,1H3,(H,21,22). The number of alkyl halides is 3. The number of benzene rings is 1. The Bertz CT molecular complexity index is 518. The molecule has 1 amide bonds. The lowest BCUT2D eigenvalue weighted by atomic mass is 9.79. The zero-order chi connectivity index (χ0) is 16.9. The molecule has 2 N–H and O–H groups in total. The Morgan fingerprint density at radius 1 is 1.26 bits per heavy atom. The third-order valence-corrected chi connectivity index (χ3v) is 4.21. The molecule has 1 aromatic carbocycles. The van der Waals surface area contributed by atoms with Gasteiger partial charge in [0.1, 0.15) is 0 Å². The van der Waals surface area contributed by atoms with Gasteiger partial charge in [0, 0.05) is 24.6 Å². The Balaban J connectivity index is 1.98. The molecular formula is C16H21F3N2O2. The van der Waals surface area contributed by atoms with Crippen molar-refractivity contribution in [1.82, 2.24) is 10.6 Å². The van der Waals surface area contributed by atoms with E-state index in [1.165, 1.54) is 12.1 Å². The number of ether oxygens (including phenoxy) is 1. The molecule has 2 rings (SSSR count). The molecule has 0 bridgehead atoms. The Morgan fingerprint density at radius 2 is 1.87 bits per heavy atom. The highest BCUT2D eigenvalue weighted by molar-refractivity contribution is 5.94. The van der Waals surface area contributed by atoms with E-state index in [4.69, 9.17) is 4.74 Å². The van der Waals surface area contributed by atoms with Crippen LogP contribution in [0.2, 0.25) is 0 Å². The van der Waals surface area contributed by atoms with Gasteiger partial charge in [-0.2, -0.15) is 13.2 Å². The van der Waals surface area contributed by atoms with Crippen molar-refractivity contribution in [2.45, 2.75) is 19.0 Å². The van der Waals surface area contributed by atoms with E-state index in [0.717, 1.165) is 38.1 Å². The van der Waals surface area contributed by atoms with E-state index >= 15 is 0 Å². The van der Waals surface area contributed by atoms with Crippen LogP contribution in [0.3, 0.4) is 0 Å². The Labute approximate surface area is 133 Å². The maximum atomic E-state index is 12.5. The van der Waals surface area contributed by atoms with Gasteiger partial charge in [-0.1, -0.05) is 0 Å². The van der Waals surface area contributed by atoms with Crippen LogP contribution in [0.4, 0.5) is 13.2 Å². The van der Waals surface area contributed by atoms with Crippen molar-refractivity contribution < 1.29 is 22.7 Å². The first-order valence-electron chi connectivity index (χ1n) is 7.51. The summed E-state index contributed by atoms with van der Waals surface area (Å²) in [5.41, 5.74) is -0.663. The van der Waals surface area contributed by atoms with Gasteiger partial charge in [0.25, 0.3) is 5.91 Å². The highest BCUT2D eigenvalue weighted by atomic mass is 19.4. The van der Waals surface area contributed by atoms with Crippen LogP contribution in [0.25, 0.3) is 0 Å². The van der Waals surface area contributed by atoms with Gasteiger partial charge in [-0.05, 0) is 50.2 Å². The molecular weight excluding hydrogens is 309 g/mol. The first kappa shape index (κ1) is 17.7. The number of carbonyl (C=O) groups excluding carboxylic acids is 1. The van der Waals surface area contributed by atoms with Crippen LogP contribution in [0, 0.1) is 5.41 Å². The third kappa shape index (κ3) is 4.68. The first-order chi connectivity index (χ1) is 10.9. The van der Waals surface area contributed by atoms with Gasteiger partial charge in [-0.3, -0.25) is 4.79 Å². The van der Waals surface area contributed by atoms with Gasteiger partial charge in [-0.15, -0.1) is 0 Å². The fourth-order valence-electron chi connectivity index (χ4n) is 2.82. The number of hydrogen-bond donors (Lipinski definition) is 2. The van der Waals surface area contributed by atoms with E-state index in [1.807, 2.05) is 0 Å². The van der Waals surface area contributed by atoms with Crippen molar-refractivity contribution in [3.8, 4) is 0 Å². The van der Waals surface area contributed by atoms with E-state index in [2.05, 4.69) is 10.6 Å². The van der Waals surface area contributed by atoms with E-state index < -0.39 is 11.7 Å². The predicted octanol–water partition coefficient (Wildman–Crippen LogP) is 2.45. The molecule has 7 heteroatoms. The Kier molecular flexibility index (Phi) is 5.64. The summed E-state index contributed by atoms with van der Waals surface area (Å²) >= 11 is 0. The van der Waals surface area contributed by atoms with Crippen LogP contribution in [-0.4, -0.2) is 39.3 Å². The van der Waals surface area contributed by atoms with E-state index in [1.54, 1.807) is 7.11 Å². The van der Waals surface area contributed by atoms with Crippen molar-refractivity contribution in [3.05, 3.63) is 35.4 Å². The van der Waals surface area contributed by atoms with Crippen LogP contribution in [0.15, 0.2) is 24.3 Å². The summed E-state index contributed by atoms with van der Waals surface area (Å²) in [6, 6.07) is 4.24. The number of methoxy groups -OCH3 is 1. The molecule has 128 valence electrons. The molecule has 1 aliphatic heterocycles.